The topological polar surface area (TPSA) is 222 Å². The van der Waals surface area contributed by atoms with E-state index in [4.69, 9.17) is 19.4 Å². The number of aliphatic hydroxyl groups is 1. The number of aliphatic hydroxyl groups excluding tert-OH is 1. The molecule has 156 valence electrons. The van der Waals surface area contributed by atoms with Crippen LogP contribution in [0.1, 0.15) is 12.8 Å². The SMILES string of the molecule is O=C1NC(O)C=CN1[C@H]1CC[C@@H](COP(=O)(O)OP(=O)(O)OP(=O)(O)O)O1. The molecule has 0 aromatic rings. The van der Waals surface area contributed by atoms with Crippen LogP contribution >= 0.6 is 23.5 Å². The van der Waals surface area contributed by atoms with Gasteiger partial charge in [0.1, 0.15) is 12.5 Å². The largest absolute Gasteiger partial charge is 0.490 e. The molecule has 5 atom stereocenters. The zero-order valence-electron chi connectivity index (χ0n) is 13.3. The summed E-state index contributed by atoms with van der Waals surface area (Å²) in [5.74, 6) is 0. The van der Waals surface area contributed by atoms with Crippen LogP contribution in [0.5, 0.6) is 0 Å². The number of rotatable bonds is 8. The molecule has 2 rings (SSSR count). The molecule has 2 heterocycles. The maximum atomic E-state index is 11.7. The number of ether oxygens (including phenoxy) is 1. The van der Waals surface area contributed by atoms with Crippen molar-refractivity contribution in [1.29, 1.82) is 0 Å². The van der Waals surface area contributed by atoms with Crippen LogP contribution in [0.15, 0.2) is 12.3 Å². The molecular formula is C9H17N2O13P3. The number of amides is 2. The molecule has 0 aromatic heterocycles. The maximum absolute atomic E-state index is 11.7. The van der Waals surface area contributed by atoms with E-state index < -0.39 is 54.7 Å². The van der Waals surface area contributed by atoms with Crippen molar-refractivity contribution in [3.05, 3.63) is 12.3 Å². The first-order chi connectivity index (χ1) is 12.3. The monoisotopic (exact) mass is 454 g/mol. The molecule has 1 fully saturated rings. The van der Waals surface area contributed by atoms with Crippen molar-refractivity contribution in [2.75, 3.05) is 6.61 Å². The molecular weight excluding hydrogens is 437 g/mol. The van der Waals surface area contributed by atoms with E-state index in [1.54, 1.807) is 0 Å². The summed E-state index contributed by atoms with van der Waals surface area (Å²) in [5, 5.41) is 11.5. The van der Waals surface area contributed by atoms with Crippen LogP contribution in [0.4, 0.5) is 4.79 Å². The summed E-state index contributed by atoms with van der Waals surface area (Å²) < 4.78 is 50.4. The Morgan fingerprint density at radius 2 is 1.81 bits per heavy atom. The van der Waals surface area contributed by atoms with Crippen molar-refractivity contribution in [2.45, 2.75) is 31.4 Å². The Labute approximate surface area is 152 Å². The Morgan fingerprint density at radius 3 is 2.41 bits per heavy atom. The van der Waals surface area contributed by atoms with E-state index in [1.165, 1.54) is 12.3 Å². The summed E-state index contributed by atoms with van der Waals surface area (Å²) in [5.41, 5.74) is 0. The van der Waals surface area contributed by atoms with Gasteiger partial charge in [-0.1, -0.05) is 0 Å². The number of carbonyl (C=O) groups excluding carboxylic acids is 1. The van der Waals surface area contributed by atoms with E-state index in [-0.39, 0.29) is 6.42 Å². The number of phosphoric acid groups is 3. The highest BCUT2D eigenvalue weighted by molar-refractivity contribution is 7.66. The maximum Gasteiger partial charge on any atom is 0.490 e. The minimum atomic E-state index is -5.58. The van der Waals surface area contributed by atoms with E-state index in [0.29, 0.717) is 6.42 Å². The van der Waals surface area contributed by atoms with Crippen LogP contribution < -0.4 is 5.32 Å². The highest BCUT2D eigenvalue weighted by Gasteiger charge is 2.42. The highest BCUT2D eigenvalue weighted by Crippen LogP contribution is 2.66. The number of hydrogen-bond acceptors (Lipinski definition) is 9. The molecule has 3 unspecified atom stereocenters. The summed E-state index contributed by atoms with van der Waals surface area (Å²) in [4.78, 5) is 48.2. The second-order valence-corrected chi connectivity index (χ2v) is 9.74. The summed E-state index contributed by atoms with van der Waals surface area (Å²) in [6, 6.07) is -0.622. The molecule has 18 heteroatoms. The van der Waals surface area contributed by atoms with Gasteiger partial charge in [-0.25, -0.2) is 18.5 Å². The summed E-state index contributed by atoms with van der Waals surface area (Å²) in [6.07, 6.45) is 0.523. The Kier molecular flexibility index (Phi) is 7.02. The lowest BCUT2D eigenvalue weighted by atomic mass is 10.2. The Bertz CT molecular complexity index is 737. The number of carbonyl (C=O) groups is 1. The minimum absolute atomic E-state index is 0.278. The van der Waals surface area contributed by atoms with Gasteiger partial charge in [0.2, 0.25) is 0 Å². The number of nitrogens with one attached hydrogen (secondary N) is 1. The third-order valence-corrected chi connectivity index (χ3v) is 6.97. The summed E-state index contributed by atoms with van der Waals surface area (Å²) in [6.45, 7) is -0.595. The minimum Gasteiger partial charge on any atom is -0.370 e. The van der Waals surface area contributed by atoms with Crippen molar-refractivity contribution in [2.24, 2.45) is 0 Å². The molecule has 0 aliphatic carbocycles. The number of hydrogen-bond donors (Lipinski definition) is 6. The predicted molar refractivity (Wildman–Crippen MR) is 83.2 cm³/mol. The number of nitrogens with zero attached hydrogens (tertiary/aromatic N) is 1. The van der Waals surface area contributed by atoms with Gasteiger partial charge in [0.25, 0.3) is 0 Å². The number of phosphoric ester groups is 1. The number of urea groups is 1. The average Bonchev–Trinajstić information content (AvgIpc) is 2.90. The summed E-state index contributed by atoms with van der Waals surface area (Å²) in [7, 11) is -16.3. The molecule has 2 aliphatic rings. The molecule has 0 bridgehead atoms. The Balaban J connectivity index is 1.85. The van der Waals surface area contributed by atoms with Gasteiger partial charge in [0.15, 0.2) is 0 Å². The normalized spacial score (nSPS) is 30.6. The quantitative estimate of drug-likeness (QED) is 0.259. The van der Waals surface area contributed by atoms with Crippen molar-refractivity contribution in [1.82, 2.24) is 10.2 Å². The molecule has 2 aliphatic heterocycles. The molecule has 27 heavy (non-hydrogen) atoms. The van der Waals surface area contributed by atoms with Crippen LogP contribution in [0.25, 0.3) is 0 Å². The molecule has 15 nitrogen and oxygen atoms in total. The van der Waals surface area contributed by atoms with E-state index in [0.717, 1.165) is 4.90 Å². The molecule has 0 radical (unpaired) electrons. The summed E-state index contributed by atoms with van der Waals surface area (Å²) >= 11 is 0. The second kappa shape index (κ2) is 8.37. The third-order valence-electron chi connectivity index (χ3n) is 3.17. The predicted octanol–water partition coefficient (Wildman–Crippen LogP) is -0.308. The second-order valence-electron chi connectivity index (χ2n) is 5.32. The standard InChI is InChI=1S/C9H17N2O13P3/c12-7-3-4-11(9(13)10-7)8-2-1-6(22-8)5-21-26(17,18)24-27(19,20)23-25(14,15)16/h3-4,6-8,12H,1-2,5H2,(H,10,13)(H,17,18)(H,19,20)(H2,14,15,16)/t6-,7?,8+/m0/s1. The fourth-order valence-electron chi connectivity index (χ4n) is 2.21. The van der Waals surface area contributed by atoms with Crippen LogP contribution in [0.2, 0.25) is 0 Å². The van der Waals surface area contributed by atoms with E-state index in [1.807, 2.05) is 0 Å². The first kappa shape index (κ1) is 22.6. The van der Waals surface area contributed by atoms with Gasteiger partial charge in [-0.2, -0.15) is 8.62 Å². The van der Waals surface area contributed by atoms with Crippen LogP contribution in [-0.2, 0) is 31.6 Å². The first-order valence-corrected chi connectivity index (χ1v) is 11.7. The van der Waals surface area contributed by atoms with Crippen molar-refractivity contribution in [3.8, 4) is 0 Å². The van der Waals surface area contributed by atoms with Crippen LogP contribution in [-0.4, -0.2) is 60.8 Å². The van der Waals surface area contributed by atoms with E-state index in [2.05, 4.69) is 18.5 Å². The van der Waals surface area contributed by atoms with Gasteiger partial charge in [0.05, 0.1) is 12.7 Å². The fourth-order valence-corrected chi connectivity index (χ4v) is 5.26. The lowest BCUT2D eigenvalue weighted by Crippen LogP contribution is -2.49. The zero-order valence-corrected chi connectivity index (χ0v) is 16.0. The van der Waals surface area contributed by atoms with Gasteiger partial charge in [-0.05, 0) is 18.9 Å². The fraction of sp³-hybridized carbons (Fsp3) is 0.667. The van der Waals surface area contributed by atoms with Gasteiger partial charge >= 0.3 is 29.5 Å². The van der Waals surface area contributed by atoms with Crippen molar-refractivity contribution < 1.29 is 61.1 Å². The molecule has 1 saturated heterocycles. The molecule has 0 spiro atoms. The molecule has 6 N–H and O–H groups in total. The van der Waals surface area contributed by atoms with Crippen molar-refractivity contribution >= 4 is 29.5 Å². The van der Waals surface area contributed by atoms with Crippen LogP contribution in [0.3, 0.4) is 0 Å². The van der Waals surface area contributed by atoms with Gasteiger partial charge in [0, 0.05) is 6.20 Å². The lowest BCUT2D eigenvalue weighted by molar-refractivity contribution is -0.0388. The Hall–Kier alpha value is -0.660. The van der Waals surface area contributed by atoms with E-state index >= 15 is 0 Å². The van der Waals surface area contributed by atoms with E-state index in [9.17, 15) is 28.5 Å². The van der Waals surface area contributed by atoms with Gasteiger partial charge in [-0.3, -0.25) is 9.42 Å². The average molecular weight is 454 g/mol. The lowest BCUT2D eigenvalue weighted by Gasteiger charge is -2.29. The van der Waals surface area contributed by atoms with Crippen molar-refractivity contribution in [3.63, 3.8) is 0 Å². The third kappa shape index (κ3) is 7.35. The highest BCUT2D eigenvalue weighted by atomic mass is 31.3. The van der Waals surface area contributed by atoms with Gasteiger partial charge in [-0.15, -0.1) is 0 Å². The molecule has 2 amide bonds. The van der Waals surface area contributed by atoms with Gasteiger partial charge < -0.3 is 34.7 Å². The molecule has 0 aromatic carbocycles. The zero-order chi connectivity index (χ0) is 20.5. The van der Waals surface area contributed by atoms with Crippen LogP contribution in [0, 0.1) is 0 Å². The first-order valence-electron chi connectivity index (χ1n) is 7.15. The smallest absolute Gasteiger partial charge is 0.370 e. The Morgan fingerprint density at radius 1 is 1.15 bits per heavy atom. The molecule has 0 saturated carbocycles.